The first-order chi connectivity index (χ1) is 28.3. The van der Waals surface area contributed by atoms with Crippen LogP contribution < -0.4 is 0 Å². The SMILES string of the molecule is C/C=C/CCc1ccc(-c2ccc(-c3ccc(CC/C=C/C)cc3)c(F)c2F)cc1.C=CCCc1ccc(-c2ccc(-c3ccc(CCC=C)cc3)c(F)c2F)cc1. The first-order valence-electron chi connectivity index (χ1n) is 20.0. The van der Waals surface area contributed by atoms with Gasteiger partial charge in [-0.05, 0) is 110 Å². The summed E-state index contributed by atoms with van der Waals surface area (Å²) in [6.07, 6.45) is 19.4. The van der Waals surface area contributed by atoms with Crippen molar-refractivity contribution in [2.45, 2.75) is 65.2 Å². The highest BCUT2D eigenvalue weighted by molar-refractivity contribution is 5.73. The Labute approximate surface area is 342 Å². The maximum absolute atomic E-state index is 14.9. The summed E-state index contributed by atoms with van der Waals surface area (Å²) in [5.74, 6) is -3.23. The number of benzene rings is 6. The standard InChI is InChI=1S/C28H28F2.C26H24F2/c1-3-5-7-9-21-11-15-23(16-12-21)25-19-20-26(28(30)27(25)29)24-17-13-22(14-18-24)10-8-6-4-2;1-3-5-7-19-9-13-21(14-10-19)23-17-18-24(26(28)25(23)27)22-15-11-20(12-16-22)8-6-4-2/h3-6,11-20H,7-10H2,1-2H3;3-4,9-18H,1-2,5-8H2/b5-3+,6-4+;. The lowest BCUT2D eigenvalue weighted by molar-refractivity contribution is 0.514. The van der Waals surface area contributed by atoms with Crippen molar-refractivity contribution in [2.75, 3.05) is 0 Å². The molecule has 4 heteroatoms. The topological polar surface area (TPSA) is 0 Å². The van der Waals surface area contributed by atoms with Crippen molar-refractivity contribution >= 4 is 0 Å². The Morgan fingerprint density at radius 2 is 0.569 bits per heavy atom. The average Bonchev–Trinajstić information content (AvgIpc) is 3.25. The molecule has 0 radical (unpaired) electrons. The summed E-state index contributed by atoms with van der Waals surface area (Å²) >= 11 is 0. The Morgan fingerprint density at radius 1 is 0.345 bits per heavy atom. The van der Waals surface area contributed by atoms with Gasteiger partial charge in [0.25, 0.3) is 0 Å². The third-order valence-electron chi connectivity index (χ3n) is 10.2. The van der Waals surface area contributed by atoms with Gasteiger partial charge >= 0.3 is 0 Å². The van der Waals surface area contributed by atoms with Crippen molar-refractivity contribution < 1.29 is 17.6 Å². The van der Waals surface area contributed by atoms with E-state index in [1.165, 1.54) is 11.1 Å². The van der Waals surface area contributed by atoms with Gasteiger partial charge < -0.3 is 0 Å². The summed E-state index contributed by atoms with van der Waals surface area (Å²) in [5, 5.41) is 0. The molecule has 0 bridgehead atoms. The van der Waals surface area contributed by atoms with Crippen LogP contribution in [0.5, 0.6) is 0 Å². The predicted octanol–water partition coefficient (Wildman–Crippen LogP) is 15.9. The minimum Gasteiger partial charge on any atom is -0.203 e. The summed E-state index contributed by atoms with van der Waals surface area (Å²) in [6.45, 7) is 11.4. The van der Waals surface area contributed by atoms with Gasteiger partial charge in [0.15, 0.2) is 23.3 Å². The van der Waals surface area contributed by atoms with Crippen molar-refractivity contribution in [2.24, 2.45) is 0 Å². The minimum atomic E-state index is -0.813. The number of hydrogen-bond acceptors (Lipinski definition) is 0. The highest BCUT2D eigenvalue weighted by Gasteiger charge is 2.17. The Morgan fingerprint density at radius 3 is 0.776 bits per heavy atom. The van der Waals surface area contributed by atoms with Gasteiger partial charge in [-0.25, -0.2) is 17.6 Å². The molecule has 0 amide bonds. The van der Waals surface area contributed by atoms with Crippen molar-refractivity contribution in [1.29, 1.82) is 0 Å². The van der Waals surface area contributed by atoms with E-state index in [2.05, 4.69) is 25.3 Å². The first kappa shape index (κ1) is 43.1. The number of aryl methyl sites for hydroxylation is 4. The number of hydrogen-bond donors (Lipinski definition) is 0. The van der Waals surface area contributed by atoms with Gasteiger partial charge in [-0.2, -0.15) is 0 Å². The summed E-state index contributed by atoms with van der Waals surface area (Å²) in [7, 11) is 0. The summed E-state index contributed by atoms with van der Waals surface area (Å²) < 4.78 is 59.3. The second kappa shape index (κ2) is 22.1. The van der Waals surface area contributed by atoms with Crippen LogP contribution in [0.4, 0.5) is 17.6 Å². The molecule has 58 heavy (non-hydrogen) atoms. The van der Waals surface area contributed by atoms with Gasteiger partial charge in [-0.1, -0.05) is 158 Å². The molecular weight excluding hydrogens is 725 g/mol. The number of rotatable bonds is 16. The van der Waals surface area contributed by atoms with Crippen LogP contribution in [0.25, 0.3) is 44.5 Å². The van der Waals surface area contributed by atoms with E-state index in [9.17, 15) is 17.6 Å². The zero-order valence-corrected chi connectivity index (χ0v) is 33.6. The highest BCUT2D eigenvalue weighted by Crippen LogP contribution is 2.33. The zero-order chi connectivity index (χ0) is 41.3. The van der Waals surface area contributed by atoms with Gasteiger partial charge in [0.05, 0.1) is 0 Å². The van der Waals surface area contributed by atoms with E-state index in [0.717, 1.165) is 62.5 Å². The normalized spacial score (nSPS) is 11.1. The molecule has 6 aromatic rings. The second-order valence-corrected chi connectivity index (χ2v) is 14.2. The quantitative estimate of drug-likeness (QED) is 0.0678. The fraction of sp³-hybridized carbons (Fsp3) is 0.185. The fourth-order valence-electron chi connectivity index (χ4n) is 6.77. The molecule has 0 nitrogen and oxygen atoms in total. The third-order valence-corrected chi connectivity index (χ3v) is 10.2. The van der Waals surface area contributed by atoms with Gasteiger partial charge in [-0.15, -0.1) is 13.2 Å². The van der Waals surface area contributed by atoms with Crippen molar-refractivity contribution in [3.05, 3.63) is 216 Å². The van der Waals surface area contributed by atoms with Crippen LogP contribution in [0.15, 0.2) is 171 Å². The lowest BCUT2D eigenvalue weighted by atomic mass is 9.96. The van der Waals surface area contributed by atoms with E-state index >= 15 is 0 Å². The molecule has 0 saturated heterocycles. The molecule has 0 N–H and O–H groups in total. The van der Waals surface area contributed by atoms with Crippen LogP contribution in [0.3, 0.4) is 0 Å². The second-order valence-electron chi connectivity index (χ2n) is 14.2. The van der Waals surface area contributed by atoms with E-state index in [1.807, 2.05) is 135 Å². The molecule has 0 aliphatic heterocycles. The van der Waals surface area contributed by atoms with E-state index in [-0.39, 0.29) is 11.1 Å². The summed E-state index contributed by atoms with van der Waals surface area (Å²) in [4.78, 5) is 0. The van der Waals surface area contributed by atoms with Crippen molar-refractivity contribution in [3.63, 3.8) is 0 Å². The molecule has 0 spiro atoms. The largest absolute Gasteiger partial charge is 0.203 e. The van der Waals surface area contributed by atoms with Crippen molar-refractivity contribution in [3.8, 4) is 44.5 Å². The van der Waals surface area contributed by atoms with Crippen LogP contribution in [0, 0.1) is 23.3 Å². The van der Waals surface area contributed by atoms with Gasteiger partial charge in [-0.3, -0.25) is 0 Å². The van der Waals surface area contributed by atoms with E-state index in [4.69, 9.17) is 0 Å². The molecule has 296 valence electrons. The molecule has 0 aliphatic rings. The van der Waals surface area contributed by atoms with Crippen LogP contribution in [-0.4, -0.2) is 0 Å². The highest BCUT2D eigenvalue weighted by atomic mass is 19.2. The predicted molar refractivity (Wildman–Crippen MR) is 238 cm³/mol. The zero-order valence-electron chi connectivity index (χ0n) is 33.6. The summed E-state index contributed by atoms with van der Waals surface area (Å²) in [5.41, 5.74) is 8.52. The molecule has 0 saturated carbocycles. The lowest BCUT2D eigenvalue weighted by Gasteiger charge is -2.10. The maximum atomic E-state index is 14.9. The van der Waals surface area contributed by atoms with Crippen LogP contribution in [-0.2, 0) is 25.7 Å². The Balaban J connectivity index is 0.000000221. The lowest BCUT2D eigenvalue weighted by Crippen LogP contribution is -1.95. The average molecular weight is 777 g/mol. The van der Waals surface area contributed by atoms with Gasteiger partial charge in [0, 0.05) is 22.3 Å². The number of allylic oxidation sites excluding steroid dienone is 6. The van der Waals surface area contributed by atoms with Crippen LogP contribution >= 0.6 is 0 Å². The maximum Gasteiger partial charge on any atom is 0.167 e. The molecule has 0 atom stereocenters. The molecule has 0 unspecified atom stereocenters. The molecule has 0 aliphatic carbocycles. The first-order valence-corrected chi connectivity index (χ1v) is 20.0. The smallest absolute Gasteiger partial charge is 0.167 e. The third kappa shape index (κ3) is 11.5. The van der Waals surface area contributed by atoms with Gasteiger partial charge in [0.2, 0.25) is 0 Å². The Bertz CT molecular complexity index is 2130. The Hall–Kier alpha value is -6.00. The Kier molecular flexibility index (Phi) is 16.4. The molecule has 0 heterocycles. The van der Waals surface area contributed by atoms with Crippen molar-refractivity contribution in [1.82, 2.24) is 0 Å². The molecular formula is C54H52F4. The molecule has 0 aromatic heterocycles. The molecule has 6 rings (SSSR count). The fourth-order valence-corrected chi connectivity index (χ4v) is 6.77. The number of halogens is 4. The van der Waals surface area contributed by atoms with Gasteiger partial charge in [0.1, 0.15) is 0 Å². The van der Waals surface area contributed by atoms with Crippen LogP contribution in [0.1, 0.15) is 61.8 Å². The minimum absolute atomic E-state index is 0.277. The monoisotopic (exact) mass is 776 g/mol. The van der Waals surface area contributed by atoms with Crippen LogP contribution in [0.2, 0.25) is 0 Å². The summed E-state index contributed by atoms with van der Waals surface area (Å²) in [6, 6.07) is 37.2. The van der Waals surface area contributed by atoms with E-state index < -0.39 is 23.3 Å². The molecule has 0 fully saturated rings. The molecule has 6 aromatic carbocycles. The van der Waals surface area contributed by atoms with E-state index in [1.54, 1.807) is 24.3 Å². The van der Waals surface area contributed by atoms with E-state index in [0.29, 0.717) is 33.4 Å².